The molecular weight excluding hydrogens is 744 g/mol. The van der Waals surface area contributed by atoms with Crippen LogP contribution < -0.4 is 9.47 Å². The Morgan fingerprint density at radius 3 is 0.941 bits per heavy atom. The third-order valence-electron chi connectivity index (χ3n) is 6.40. The van der Waals surface area contributed by atoms with E-state index in [0.29, 0.717) is 117 Å². The van der Waals surface area contributed by atoms with Gasteiger partial charge in [-0.3, -0.25) is 9.11 Å². The minimum atomic E-state index is -3.95. The van der Waals surface area contributed by atoms with E-state index in [2.05, 4.69) is 0 Å². The van der Waals surface area contributed by atoms with Crippen LogP contribution in [-0.4, -0.2) is 208 Å². The second kappa shape index (κ2) is 30.7. The van der Waals surface area contributed by atoms with Gasteiger partial charge >= 0.3 is 51.4 Å². The summed E-state index contributed by atoms with van der Waals surface area (Å²) in [5.74, 6) is 0.572. The minimum absolute atomic E-state index is 0. The van der Waals surface area contributed by atoms with E-state index in [-0.39, 0.29) is 88.9 Å². The van der Waals surface area contributed by atoms with Gasteiger partial charge in [0.05, 0.1) is 104 Å². The molecule has 19 heteroatoms. The van der Waals surface area contributed by atoms with Crippen LogP contribution in [0, 0.1) is 0 Å². The summed E-state index contributed by atoms with van der Waals surface area (Å²) < 4.78 is 115. The van der Waals surface area contributed by atoms with Crippen molar-refractivity contribution < 1.29 is 73.3 Å². The van der Waals surface area contributed by atoms with Gasteiger partial charge in [0, 0.05) is 13.2 Å². The van der Waals surface area contributed by atoms with Crippen molar-refractivity contribution in [2.24, 2.45) is 0 Å². The van der Waals surface area contributed by atoms with E-state index in [1.165, 1.54) is 0 Å². The van der Waals surface area contributed by atoms with Gasteiger partial charge in [0.2, 0.25) is 0 Å². The van der Waals surface area contributed by atoms with Crippen molar-refractivity contribution in [3.05, 3.63) is 36.4 Å². The predicted molar refractivity (Wildman–Crippen MR) is 191 cm³/mol. The van der Waals surface area contributed by atoms with Crippen molar-refractivity contribution in [3.8, 4) is 11.5 Å². The Morgan fingerprint density at radius 2 is 0.667 bits per heavy atom. The quantitative estimate of drug-likeness (QED) is 0.0588. The average molecular weight is 797 g/mol. The summed E-state index contributed by atoms with van der Waals surface area (Å²) in [6.45, 7) is 6.40. The third kappa shape index (κ3) is 28.5. The number of ether oxygens (including phenoxy) is 10. The normalized spacial score (nSPS) is 11.9. The van der Waals surface area contributed by atoms with E-state index in [1.807, 2.05) is 36.4 Å². The van der Waals surface area contributed by atoms with Crippen molar-refractivity contribution in [2.75, 3.05) is 130 Å². The molecule has 0 saturated carbocycles. The van der Waals surface area contributed by atoms with Gasteiger partial charge in [-0.25, -0.2) is 0 Å². The molecule has 0 fully saturated rings. The van der Waals surface area contributed by atoms with E-state index in [1.54, 1.807) is 0 Å². The predicted octanol–water partition coefficient (Wildman–Crippen LogP) is 1.64. The van der Waals surface area contributed by atoms with Gasteiger partial charge in [-0.15, -0.1) is 0 Å². The number of hydrogen-bond acceptors (Lipinski definition) is 14. The van der Waals surface area contributed by atoms with Crippen LogP contribution in [0.1, 0.15) is 12.8 Å². The third-order valence-corrected chi connectivity index (χ3v) is 8.01. The van der Waals surface area contributed by atoms with Crippen LogP contribution in [-0.2, 0) is 58.1 Å². The second-order valence-corrected chi connectivity index (χ2v) is 13.7. The van der Waals surface area contributed by atoms with Crippen LogP contribution in [0.5, 0.6) is 11.5 Å². The maximum atomic E-state index is 10.6. The Labute approximate surface area is 343 Å². The van der Waals surface area contributed by atoms with Crippen molar-refractivity contribution in [1.29, 1.82) is 0 Å². The van der Waals surface area contributed by atoms with E-state index in [4.69, 9.17) is 56.5 Å². The van der Waals surface area contributed by atoms with Gasteiger partial charge in [-0.2, -0.15) is 16.8 Å². The molecule has 290 valence electrons. The monoisotopic (exact) mass is 796 g/mol. The van der Waals surface area contributed by atoms with Crippen LogP contribution in [0.25, 0.3) is 10.8 Å². The molecule has 0 bridgehead atoms. The fourth-order valence-electron chi connectivity index (χ4n) is 4.06. The van der Waals surface area contributed by atoms with Gasteiger partial charge in [-0.1, -0.05) is 24.3 Å². The number of fused-ring (bicyclic) bond motifs is 1. The molecule has 0 spiro atoms. The van der Waals surface area contributed by atoms with E-state index in [9.17, 15) is 16.8 Å². The van der Waals surface area contributed by atoms with Gasteiger partial charge in [0.25, 0.3) is 20.2 Å². The SMILES string of the molecule is O=S(=O)(O)CCCOCCOCCOCCOCCOc1cc2ccccc2cc1OCCOCCOCCOCCOCCCS(=O)(=O)O.[KH]. The molecule has 16 nitrogen and oxygen atoms in total. The van der Waals surface area contributed by atoms with Gasteiger partial charge in [-0.05, 0) is 35.7 Å². The summed E-state index contributed by atoms with van der Waals surface area (Å²) in [5.41, 5.74) is 0. The molecule has 0 unspecified atom stereocenters. The van der Waals surface area contributed by atoms with Crippen LogP contribution in [0.15, 0.2) is 36.4 Å². The van der Waals surface area contributed by atoms with Crippen LogP contribution >= 0.6 is 0 Å². The Hall–Kier alpha value is -0.564. The average Bonchev–Trinajstić information content (AvgIpc) is 3.06. The molecule has 51 heavy (non-hydrogen) atoms. The fraction of sp³-hybridized carbons (Fsp3) is 0.688. The van der Waals surface area contributed by atoms with Crippen LogP contribution in [0.3, 0.4) is 0 Å². The van der Waals surface area contributed by atoms with Crippen LogP contribution in [0.2, 0.25) is 0 Å². The van der Waals surface area contributed by atoms with E-state index < -0.39 is 20.2 Å². The molecule has 0 radical (unpaired) electrons. The molecule has 0 saturated heterocycles. The van der Waals surface area contributed by atoms with Crippen molar-refractivity contribution in [1.82, 2.24) is 0 Å². The van der Waals surface area contributed by atoms with Crippen molar-refractivity contribution in [2.45, 2.75) is 12.8 Å². The Bertz CT molecular complexity index is 1260. The molecule has 2 aromatic carbocycles. The zero-order valence-corrected chi connectivity index (χ0v) is 30.1. The number of hydrogen-bond donors (Lipinski definition) is 2. The molecule has 0 amide bonds. The first kappa shape index (κ1) is 48.5. The Kier molecular flexibility index (Phi) is 29.2. The maximum absolute atomic E-state index is 10.6. The molecular formula is C32H53KO16S2. The Balaban J connectivity index is 0.0000130. The summed E-state index contributed by atoms with van der Waals surface area (Å²) in [4.78, 5) is 0. The zero-order chi connectivity index (χ0) is 36.2. The standard InChI is InChI=1S/C32H52O16S2.K.H/c33-49(34,35)25-3-7-39-9-11-41-13-15-43-17-19-45-21-23-47-31-27-29-5-1-2-6-30(29)28-32(31)48-24-22-46-20-18-44-16-14-42-12-10-40-8-4-26-50(36,37)38;;/h1-2,5-6,27-28H,3-4,7-26H2,(H,33,34,35)(H,36,37,38);;. The molecule has 2 N–H and O–H groups in total. The summed E-state index contributed by atoms with van der Waals surface area (Å²) in [6, 6.07) is 11.8. The van der Waals surface area contributed by atoms with Gasteiger partial charge in [0.15, 0.2) is 11.5 Å². The molecule has 0 aromatic heterocycles. The molecule has 0 aliphatic carbocycles. The number of benzene rings is 2. The van der Waals surface area contributed by atoms with Crippen molar-refractivity contribution >= 4 is 82.4 Å². The molecule has 0 aliphatic rings. The molecule has 0 atom stereocenters. The van der Waals surface area contributed by atoms with E-state index >= 15 is 0 Å². The first-order valence-electron chi connectivity index (χ1n) is 16.4. The summed E-state index contributed by atoms with van der Waals surface area (Å²) in [6.07, 6.45) is 0.458. The van der Waals surface area contributed by atoms with E-state index in [0.717, 1.165) is 10.8 Å². The van der Waals surface area contributed by atoms with Crippen molar-refractivity contribution in [3.63, 3.8) is 0 Å². The first-order chi connectivity index (χ1) is 24.1. The fourth-order valence-corrected chi connectivity index (χ4v) is 5.02. The Morgan fingerprint density at radius 1 is 0.412 bits per heavy atom. The molecule has 2 aromatic rings. The zero-order valence-electron chi connectivity index (χ0n) is 28.4. The molecule has 0 heterocycles. The second-order valence-electron chi connectivity index (χ2n) is 10.5. The topological polar surface area (TPSA) is 201 Å². The molecule has 0 aliphatic heterocycles. The molecule has 2 rings (SSSR count). The van der Waals surface area contributed by atoms with Gasteiger partial charge in [0.1, 0.15) is 13.2 Å². The van der Waals surface area contributed by atoms with Gasteiger partial charge < -0.3 is 47.4 Å². The summed E-state index contributed by atoms with van der Waals surface area (Å²) in [7, 11) is -7.90. The summed E-state index contributed by atoms with van der Waals surface area (Å²) >= 11 is 0. The first-order valence-corrected chi connectivity index (χ1v) is 19.7. The van der Waals surface area contributed by atoms with Crippen LogP contribution in [0.4, 0.5) is 0 Å². The summed E-state index contributed by atoms with van der Waals surface area (Å²) in [5, 5.41) is 2.05. The number of rotatable bonds is 34.